The maximum absolute atomic E-state index is 11.8. The van der Waals surface area contributed by atoms with Crippen molar-refractivity contribution in [1.82, 2.24) is 4.90 Å². The fourth-order valence-corrected chi connectivity index (χ4v) is 1.94. The minimum absolute atomic E-state index is 0.00204. The molecule has 0 aliphatic carbocycles. The van der Waals surface area contributed by atoms with Crippen molar-refractivity contribution in [3.8, 4) is 0 Å². The third kappa shape index (κ3) is 3.80. The topological polar surface area (TPSA) is 66.6 Å². The number of carbonyl (C=O) groups excluding carboxylic acids is 1. The first-order valence-electron chi connectivity index (χ1n) is 5.87. The highest BCUT2D eigenvalue weighted by atomic mass is 16.3. The lowest BCUT2D eigenvalue weighted by Gasteiger charge is -2.31. The minimum atomic E-state index is -0.379. The predicted molar refractivity (Wildman–Crippen MR) is 59.3 cm³/mol. The second-order valence-electron chi connectivity index (χ2n) is 4.33. The van der Waals surface area contributed by atoms with Crippen LogP contribution in [0.3, 0.4) is 0 Å². The minimum Gasteiger partial charge on any atom is -0.391 e. The summed E-state index contributed by atoms with van der Waals surface area (Å²) in [6.07, 6.45) is 4.12. The molecule has 1 amide bonds. The van der Waals surface area contributed by atoms with Crippen LogP contribution in [0.5, 0.6) is 0 Å². The number of amides is 1. The summed E-state index contributed by atoms with van der Waals surface area (Å²) >= 11 is 0. The van der Waals surface area contributed by atoms with Gasteiger partial charge in [0, 0.05) is 13.1 Å². The number of hydrogen-bond donors (Lipinski definition) is 2. The summed E-state index contributed by atoms with van der Waals surface area (Å²) in [7, 11) is 0. The van der Waals surface area contributed by atoms with Crippen LogP contribution in [0.1, 0.15) is 39.0 Å². The zero-order chi connectivity index (χ0) is 11.3. The lowest BCUT2D eigenvalue weighted by molar-refractivity contribution is -0.135. The number of nitrogens with two attached hydrogens (primary N) is 1. The molecule has 15 heavy (non-hydrogen) atoms. The Balaban J connectivity index is 2.37. The van der Waals surface area contributed by atoms with Crippen molar-refractivity contribution in [3.63, 3.8) is 0 Å². The van der Waals surface area contributed by atoms with Crippen LogP contribution in [0.2, 0.25) is 0 Å². The molecule has 0 saturated carbocycles. The molecule has 3 N–H and O–H groups in total. The number of likely N-dealkylation sites (tertiary alicyclic amines) is 1. The second-order valence-corrected chi connectivity index (χ2v) is 4.33. The van der Waals surface area contributed by atoms with Gasteiger partial charge in [-0.05, 0) is 19.3 Å². The summed E-state index contributed by atoms with van der Waals surface area (Å²) in [5.74, 6) is 0.00204. The van der Waals surface area contributed by atoms with Gasteiger partial charge in [0.15, 0.2) is 0 Å². The van der Waals surface area contributed by atoms with Crippen molar-refractivity contribution < 1.29 is 9.90 Å². The molecule has 0 aromatic carbocycles. The molecular formula is C11H22N2O2. The third-order valence-electron chi connectivity index (χ3n) is 2.89. The molecule has 0 aromatic rings. The summed E-state index contributed by atoms with van der Waals surface area (Å²) in [5.41, 5.74) is 5.81. The van der Waals surface area contributed by atoms with Crippen LogP contribution in [0, 0.1) is 0 Å². The molecule has 4 nitrogen and oxygen atoms in total. The molecule has 0 spiro atoms. The Hall–Kier alpha value is -0.610. The predicted octanol–water partition coefficient (Wildman–Crippen LogP) is 0.487. The number of rotatable bonds is 4. The van der Waals surface area contributed by atoms with Crippen LogP contribution >= 0.6 is 0 Å². The van der Waals surface area contributed by atoms with Gasteiger partial charge >= 0.3 is 0 Å². The molecule has 1 aliphatic heterocycles. The zero-order valence-electron chi connectivity index (χ0n) is 9.48. The van der Waals surface area contributed by atoms with Crippen molar-refractivity contribution in [1.29, 1.82) is 0 Å². The number of carbonyl (C=O) groups is 1. The molecule has 4 heteroatoms. The lowest BCUT2D eigenvalue weighted by Crippen LogP contribution is -2.49. The van der Waals surface area contributed by atoms with E-state index in [9.17, 15) is 9.90 Å². The number of piperidine rings is 1. The highest BCUT2D eigenvalue weighted by Crippen LogP contribution is 2.12. The maximum Gasteiger partial charge on any atom is 0.239 e. The van der Waals surface area contributed by atoms with Gasteiger partial charge in [-0.25, -0.2) is 0 Å². The van der Waals surface area contributed by atoms with Crippen LogP contribution in [0.25, 0.3) is 0 Å². The Labute approximate surface area is 91.4 Å². The summed E-state index contributed by atoms with van der Waals surface area (Å²) in [6.45, 7) is 3.29. The highest BCUT2D eigenvalue weighted by molar-refractivity contribution is 5.81. The third-order valence-corrected chi connectivity index (χ3v) is 2.89. The molecule has 1 heterocycles. The molecule has 0 radical (unpaired) electrons. The average molecular weight is 214 g/mol. The molecule has 1 unspecified atom stereocenters. The molecule has 1 fully saturated rings. The van der Waals surface area contributed by atoms with E-state index >= 15 is 0 Å². The van der Waals surface area contributed by atoms with Crippen LogP contribution in [-0.2, 0) is 4.79 Å². The summed E-state index contributed by atoms with van der Waals surface area (Å²) in [6, 6.07) is -0.379. The zero-order valence-corrected chi connectivity index (χ0v) is 9.48. The fourth-order valence-electron chi connectivity index (χ4n) is 1.94. The Morgan fingerprint density at radius 3 is 3.00 bits per heavy atom. The number of unbranched alkanes of at least 4 members (excludes halogenated alkanes) is 1. The van der Waals surface area contributed by atoms with Crippen molar-refractivity contribution in [3.05, 3.63) is 0 Å². The molecule has 0 aromatic heterocycles. The number of hydrogen-bond acceptors (Lipinski definition) is 3. The molecular weight excluding hydrogens is 192 g/mol. The lowest BCUT2D eigenvalue weighted by atomic mass is 10.1. The van der Waals surface area contributed by atoms with E-state index in [1.165, 1.54) is 0 Å². The Kier molecular flexibility index (Phi) is 5.05. The molecule has 1 rings (SSSR count). The summed E-state index contributed by atoms with van der Waals surface area (Å²) < 4.78 is 0. The molecule has 0 bridgehead atoms. The standard InChI is InChI=1S/C11H22N2O2/c1-2-3-6-10(12)11(15)13-7-4-5-9(14)8-13/h9-10,14H,2-8,12H2,1H3/t9-,10?/m0/s1. The monoisotopic (exact) mass is 214 g/mol. The summed E-state index contributed by atoms with van der Waals surface area (Å²) in [5, 5.41) is 9.45. The first kappa shape index (κ1) is 12.5. The Morgan fingerprint density at radius 2 is 2.40 bits per heavy atom. The van der Waals surface area contributed by atoms with E-state index in [1.54, 1.807) is 4.90 Å². The number of aliphatic hydroxyl groups is 1. The molecule has 88 valence electrons. The van der Waals surface area contributed by atoms with E-state index in [-0.39, 0.29) is 18.1 Å². The summed E-state index contributed by atoms with van der Waals surface area (Å²) in [4.78, 5) is 13.5. The normalized spacial score (nSPS) is 23.9. The van der Waals surface area contributed by atoms with Crippen molar-refractivity contribution in [2.75, 3.05) is 13.1 Å². The first-order chi connectivity index (χ1) is 7.15. The molecule has 1 aliphatic rings. The quantitative estimate of drug-likeness (QED) is 0.715. The van der Waals surface area contributed by atoms with E-state index in [0.29, 0.717) is 6.54 Å². The number of β-amino-alcohol motifs (C(OH)–C–C–N with tert-alkyl or cyclic N) is 1. The van der Waals surface area contributed by atoms with Gasteiger partial charge in [0.1, 0.15) is 0 Å². The molecule has 2 atom stereocenters. The SMILES string of the molecule is CCCCC(N)C(=O)N1CCC[C@H](O)C1. The van der Waals surface area contributed by atoms with E-state index in [4.69, 9.17) is 5.73 Å². The van der Waals surface area contributed by atoms with E-state index in [2.05, 4.69) is 6.92 Å². The van der Waals surface area contributed by atoms with E-state index < -0.39 is 0 Å². The van der Waals surface area contributed by atoms with Crippen LogP contribution < -0.4 is 5.73 Å². The average Bonchev–Trinajstić information content (AvgIpc) is 2.24. The van der Waals surface area contributed by atoms with Gasteiger partial charge in [0.05, 0.1) is 12.1 Å². The van der Waals surface area contributed by atoms with Crippen LogP contribution in [0.4, 0.5) is 0 Å². The van der Waals surface area contributed by atoms with E-state index in [0.717, 1.165) is 38.6 Å². The Bertz CT molecular complexity index is 209. The second kappa shape index (κ2) is 6.08. The fraction of sp³-hybridized carbons (Fsp3) is 0.909. The number of nitrogens with zero attached hydrogens (tertiary/aromatic N) is 1. The van der Waals surface area contributed by atoms with Gasteiger partial charge in [-0.1, -0.05) is 19.8 Å². The van der Waals surface area contributed by atoms with Crippen molar-refractivity contribution in [2.24, 2.45) is 5.73 Å². The largest absolute Gasteiger partial charge is 0.391 e. The first-order valence-corrected chi connectivity index (χ1v) is 5.87. The van der Waals surface area contributed by atoms with Crippen molar-refractivity contribution >= 4 is 5.91 Å². The smallest absolute Gasteiger partial charge is 0.239 e. The van der Waals surface area contributed by atoms with Gasteiger partial charge in [-0.3, -0.25) is 4.79 Å². The van der Waals surface area contributed by atoms with Gasteiger partial charge in [0.2, 0.25) is 5.91 Å². The maximum atomic E-state index is 11.8. The van der Waals surface area contributed by atoms with E-state index in [1.807, 2.05) is 0 Å². The van der Waals surface area contributed by atoms with Gasteiger partial charge in [-0.15, -0.1) is 0 Å². The van der Waals surface area contributed by atoms with Crippen LogP contribution in [0.15, 0.2) is 0 Å². The van der Waals surface area contributed by atoms with Gasteiger partial charge in [-0.2, -0.15) is 0 Å². The Morgan fingerprint density at radius 1 is 1.67 bits per heavy atom. The van der Waals surface area contributed by atoms with Crippen LogP contribution in [-0.4, -0.2) is 41.1 Å². The van der Waals surface area contributed by atoms with Gasteiger partial charge < -0.3 is 15.7 Å². The van der Waals surface area contributed by atoms with Crippen molar-refractivity contribution in [2.45, 2.75) is 51.2 Å². The number of aliphatic hydroxyl groups excluding tert-OH is 1. The highest BCUT2D eigenvalue weighted by Gasteiger charge is 2.25. The van der Waals surface area contributed by atoms with Gasteiger partial charge in [0.25, 0.3) is 0 Å². The molecule has 1 saturated heterocycles.